The second-order valence-corrected chi connectivity index (χ2v) is 8.03. The molecule has 0 N–H and O–H groups in total. The molecular weight excluding hydrogens is 376 g/mol. The zero-order valence-electron chi connectivity index (χ0n) is 17.5. The Labute approximate surface area is 170 Å². The number of carbonyl (C=O) groups excluding carboxylic acids is 3. The summed E-state index contributed by atoms with van der Waals surface area (Å²) in [5.41, 5.74) is -0.0343. The Morgan fingerprint density at radius 3 is 2.07 bits per heavy atom. The molecule has 0 saturated heterocycles. The number of hydrogen-bond acceptors (Lipinski definition) is 7. The zero-order chi connectivity index (χ0) is 21.3. The summed E-state index contributed by atoms with van der Waals surface area (Å²) in [6.07, 6.45) is 0.963. The molecule has 7 nitrogen and oxygen atoms in total. The van der Waals surface area contributed by atoms with E-state index < -0.39 is 23.6 Å². The Morgan fingerprint density at radius 2 is 1.59 bits per heavy atom. The van der Waals surface area contributed by atoms with Crippen molar-refractivity contribution in [2.45, 2.75) is 51.7 Å². The van der Waals surface area contributed by atoms with Crippen LogP contribution in [0.15, 0.2) is 18.2 Å². The molecule has 6 atom stereocenters. The molecule has 0 aliphatic heterocycles. The second-order valence-electron chi connectivity index (χ2n) is 8.03. The molecule has 2 fully saturated rings. The number of esters is 2. The Morgan fingerprint density at radius 1 is 1.00 bits per heavy atom. The predicted octanol–water partition coefficient (Wildman–Crippen LogP) is 2.90. The zero-order valence-corrected chi connectivity index (χ0v) is 17.5. The van der Waals surface area contributed by atoms with E-state index in [0.29, 0.717) is 24.3 Å². The highest BCUT2D eigenvalue weighted by Gasteiger charge is 2.65. The van der Waals surface area contributed by atoms with Crippen molar-refractivity contribution in [1.29, 1.82) is 0 Å². The van der Waals surface area contributed by atoms with Gasteiger partial charge in [-0.1, -0.05) is 6.92 Å². The highest BCUT2D eigenvalue weighted by atomic mass is 16.6. The van der Waals surface area contributed by atoms with Crippen LogP contribution in [0.2, 0.25) is 0 Å². The maximum absolute atomic E-state index is 12.6. The maximum atomic E-state index is 12.6. The number of ether oxygens (including phenoxy) is 4. The highest BCUT2D eigenvalue weighted by molar-refractivity contribution is 5.71. The highest BCUT2D eigenvalue weighted by Crippen LogP contribution is 2.62. The lowest BCUT2D eigenvalue weighted by molar-refractivity contribution is -0.177. The molecule has 0 amide bonds. The largest absolute Gasteiger partial charge is 0.497 e. The minimum absolute atomic E-state index is 0.158. The Hall–Kier alpha value is -2.57. The van der Waals surface area contributed by atoms with E-state index in [4.69, 9.17) is 18.9 Å². The van der Waals surface area contributed by atoms with E-state index >= 15 is 0 Å². The smallest absolute Gasteiger partial charge is 0.302 e. The first kappa shape index (κ1) is 21.1. The van der Waals surface area contributed by atoms with E-state index in [2.05, 4.69) is 0 Å². The monoisotopic (exact) mass is 404 g/mol. The molecule has 0 spiro atoms. The van der Waals surface area contributed by atoms with Crippen LogP contribution >= 0.6 is 0 Å². The summed E-state index contributed by atoms with van der Waals surface area (Å²) in [4.78, 5) is 36.1. The molecule has 2 saturated carbocycles. The molecular formula is C22H28O7. The number of fused-ring (bicyclic) bond motifs is 2. The van der Waals surface area contributed by atoms with Crippen molar-refractivity contribution in [2.75, 3.05) is 14.2 Å². The van der Waals surface area contributed by atoms with E-state index in [9.17, 15) is 14.4 Å². The summed E-state index contributed by atoms with van der Waals surface area (Å²) in [5.74, 6) is -0.236. The summed E-state index contributed by atoms with van der Waals surface area (Å²) < 4.78 is 22.1. The lowest BCUT2D eigenvalue weighted by Gasteiger charge is -2.46. The number of benzene rings is 1. The summed E-state index contributed by atoms with van der Waals surface area (Å²) >= 11 is 0. The van der Waals surface area contributed by atoms with Crippen molar-refractivity contribution in [3.05, 3.63) is 23.8 Å². The molecule has 2 bridgehead atoms. The lowest BCUT2D eigenvalue weighted by Crippen LogP contribution is -2.53. The molecule has 3 rings (SSSR count). The van der Waals surface area contributed by atoms with Crippen LogP contribution in [-0.4, -0.2) is 44.7 Å². The molecule has 158 valence electrons. The third kappa shape index (κ3) is 3.58. The quantitative estimate of drug-likeness (QED) is 0.532. The third-order valence-corrected chi connectivity index (χ3v) is 6.50. The van der Waals surface area contributed by atoms with E-state index in [1.54, 1.807) is 20.3 Å². The van der Waals surface area contributed by atoms with Gasteiger partial charge < -0.3 is 23.7 Å². The minimum atomic E-state index is -0.912. The molecule has 7 heteroatoms. The molecule has 29 heavy (non-hydrogen) atoms. The van der Waals surface area contributed by atoms with Crippen molar-refractivity contribution in [3.8, 4) is 11.5 Å². The molecule has 2 aliphatic carbocycles. The molecule has 0 heterocycles. The van der Waals surface area contributed by atoms with Crippen molar-refractivity contribution in [1.82, 2.24) is 0 Å². The Bertz CT molecular complexity index is 782. The van der Waals surface area contributed by atoms with E-state index in [-0.39, 0.29) is 23.7 Å². The van der Waals surface area contributed by atoms with Gasteiger partial charge in [0.15, 0.2) is 0 Å². The van der Waals surface area contributed by atoms with E-state index in [0.717, 1.165) is 11.8 Å². The van der Waals surface area contributed by atoms with Crippen LogP contribution in [0.3, 0.4) is 0 Å². The van der Waals surface area contributed by atoms with Gasteiger partial charge in [0.1, 0.15) is 30.0 Å². The number of hydrogen-bond donors (Lipinski definition) is 0. The number of carbonyl (C=O) groups is 3. The lowest BCUT2D eigenvalue weighted by atomic mass is 9.62. The van der Waals surface area contributed by atoms with Crippen molar-refractivity contribution in [2.24, 2.45) is 17.3 Å². The summed E-state index contributed by atoms with van der Waals surface area (Å²) in [7, 11) is 3.14. The van der Waals surface area contributed by atoms with Crippen LogP contribution in [0.1, 0.15) is 45.1 Å². The first-order chi connectivity index (χ1) is 13.8. The van der Waals surface area contributed by atoms with E-state index in [1.165, 1.54) is 13.8 Å². The molecule has 1 aromatic carbocycles. The second kappa shape index (κ2) is 8.05. The SMILES string of the molecule is COc1cc(OC)cc(C2CC3C(OC(C)=O)CC(C)C2(C=O)C3OC(C)=O)c1. The third-order valence-electron chi connectivity index (χ3n) is 6.50. The van der Waals surface area contributed by atoms with Crippen molar-refractivity contribution in [3.63, 3.8) is 0 Å². The fourth-order valence-corrected chi connectivity index (χ4v) is 5.30. The van der Waals surface area contributed by atoms with Crippen molar-refractivity contribution >= 4 is 18.2 Å². The van der Waals surface area contributed by atoms with Gasteiger partial charge in [-0.2, -0.15) is 0 Å². The van der Waals surface area contributed by atoms with Crippen LogP contribution in [0.25, 0.3) is 0 Å². The minimum Gasteiger partial charge on any atom is -0.497 e. The van der Waals surface area contributed by atoms with Crippen molar-refractivity contribution < 1.29 is 33.3 Å². The van der Waals surface area contributed by atoms with Gasteiger partial charge in [0.2, 0.25) is 0 Å². The van der Waals surface area contributed by atoms with Gasteiger partial charge in [-0.25, -0.2) is 0 Å². The fraction of sp³-hybridized carbons (Fsp3) is 0.591. The fourth-order valence-electron chi connectivity index (χ4n) is 5.30. The number of aldehydes is 1. The number of rotatable bonds is 6. The van der Waals surface area contributed by atoms with Crippen LogP contribution < -0.4 is 9.47 Å². The molecule has 2 aliphatic rings. The molecule has 0 aromatic heterocycles. The van der Waals surface area contributed by atoms with Gasteiger partial charge in [-0.3, -0.25) is 9.59 Å². The van der Waals surface area contributed by atoms with Gasteiger partial charge in [-0.15, -0.1) is 0 Å². The van der Waals surface area contributed by atoms with Crippen LogP contribution in [0, 0.1) is 17.3 Å². The van der Waals surface area contributed by atoms with Gasteiger partial charge in [0.25, 0.3) is 0 Å². The van der Waals surface area contributed by atoms with Gasteiger partial charge in [0, 0.05) is 31.7 Å². The molecule has 1 aromatic rings. The average molecular weight is 404 g/mol. The van der Waals surface area contributed by atoms with Crippen LogP contribution in [0.5, 0.6) is 11.5 Å². The Balaban J connectivity index is 2.12. The van der Waals surface area contributed by atoms with Crippen LogP contribution in [0.4, 0.5) is 0 Å². The summed E-state index contributed by atoms with van der Waals surface area (Å²) in [5, 5.41) is 0. The standard InChI is InChI=1S/C22H28O7/c1-12-6-20(28-13(2)24)18-10-19(22(12,11-23)21(18)29-14(3)25)15-7-16(26-4)9-17(8-15)27-5/h7-9,11-12,18-21H,6,10H2,1-5H3. The van der Waals surface area contributed by atoms with Crippen LogP contribution in [-0.2, 0) is 23.9 Å². The Kier molecular flexibility index (Phi) is 5.87. The van der Waals surface area contributed by atoms with Gasteiger partial charge >= 0.3 is 11.9 Å². The topological polar surface area (TPSA) is 88.1 Å². The first-order valence-electron chi connectivity index (χ1n) is 9.80. The average Bonchev–Trinajstić information content (AvgIpc) is 2.94. The normalized spacial score (nSPS) is 32.9. The predicted molar refractivity (Wildman–Crippen MR) is 104 cm³/mol. The van der Waals surface area contributed by atoms with Gasteiger partial charge in [0.05, 0.1) is 19.6 Å². The first-order valence-corrected chi connectivity index (χ1v) is 9.80. The summed E-state index contributed by atoms with van der Waals surface area (Å²) in [6, 6.07) is 5.54. The maximum Gasteiger partial charge on any atom is 0.302 e. The number of methoxy groups -OCH3 is 2. The van der Waals surface area contributed by atoms with E-state index in [1.807, 2.05) is 19.1 Å². The molecule has 0 radical (unpaired) electrons. The van der Waals surface area contributed by atoms with Gasteiger partial charge in [-0.05, 0) is 36.5 Å². The summed E-state index contributed by atoms with van der Waals surface area (Å²) in [6.45, 7) is 4.65. The molecule has 6 unspecified atom stereocenters.